The molecule has 4 heteroatoms. The van der Waals surface area contributed by atoms with Gasteiger partial charge in [-0.2, -0.15) is 0 Å². The summed E-state index contributed by atoms with van der Waals surface area (Å²) in [6, 6.07) is 7.74. The average molecular weight is 295 g/mol. The Kier molecular flexibility index (Phi) is 3.97. The number of nitrogens with zero attached hydrogens (tertiary/aromatic N) is 2. The third kappa shape index (κ3) is 2.96. The highest BCUT2D eigenvalue weighted by molar-refractivity contribution is 9.10. The Bertz CT molecular complexity index is 496. The van der Waals surface area contributed by atoms with Crippen LogP contribution in [0.5, 0.6) is 0 Å². The Morgan fingerprint density at radius 1 is 1.47 bits per heavy atom. The second-order valence-corrected chi connectivity index (χ2v) is 4.84. The topological polar surface area (TPSA) is 38.0 Å². The van der Waals surface area contributed by atoms with Gasteiger partial charge in [-0.25, -0.2) is 4.98 Å². The lowest BCUT2D eigenvalue weighted by atomic mass is 10.1. The molecule has 1 N–H and O–H groups in total. The van der Waals surface area contributed by atoms with E-state index in [0.29, 0.717) is 6.54 Å². The molecule has 1 aromatic heterocycles. The van der Waals surface area contributed by atoms with Crippen molar-refractivity contribution in [3.05, 3.63) is 52.5 Å². The fourth-order valence-electron chi connectivity index (χ4n) is 1.83. The molecule has 0 fully saturated rings. The number of imidazole rings is 1. The molecule has 1 heterocycles. The van der Waals surface area contributed by atoms with Crippen LogP contribution in [0.2, 0.25) is 0 Å². The van der Waals surface area contributed by atoms with Crippen LogP contribution in [0, 0.1) is 0 Å². The predicted molar refractivity (Wildman–Crippen MR) is 70.7 cm³/mol. The lowest BCUT2D eigenvalue weighted by Crippen LogP contribution is -2.10. The van der Waals surface area contributed by atoms with Gasteiger partial charge in [0.2, 0.25) is 0 Å². The van der Waals surface area contributed by atoms with E-state index >= 15 is 0 Å². The summed E-state index contributed by atoms with van der Waals surface area (Å²) < 4.78 is 2.97. The molecular weight excluding hydrogens is 280 g/mol. The number of aliphatic hydroxyl groups is 1. The predicted octanol–water partition coefficient (Wildman–Crippen LogP) is 2.94. The number of aliphatic hydroxyl groups excluding tert-OH is 1. The second-order valence-electron chi connectivity index (χ2n) is 3.92. The van der Waals surface area contributed by atoms with Crippen LogP contribution in [-0.2, 0) is 13.0 Å². The minimum atomic E-state index is -0.507. The zero-order valence-corrected chi connectivity index (χ0v) is 11.3. The molecule has 0 saturated heterocycles. The van der Waals surface area contributed by atoms with Crippen molar-refractivity contribution >= 4 is 15.9 Å². The van der Waals surface area contributed by atoms with E-state index < -0.39 is 6.10 Å². The fraction of sp³-hybridized carbons (Fsp3) is 0.308. The number of rotatable bonds is 4. The van der Waals surface area contributed by atoms with E-state index in [2.05, 4.69) is 27.8 Å². The maximum absolute atomic E-state index is 10.2. The van der Waals surface area contributed by atoms with Crippen molar-refractivity contribution in [3.8, 4) is 0 Å². The van der Waals surface area contributed by atoms with Crippen molar-refractivity contribution in [1.29, 1.82) is 0 Å². The number of halogens is 1. The number of hydrogen-bond donors (Lipinski definition) is 1. The van der Waals surface area contributed by atoms with Crippen LogP contribution in [0.4, 0.5) is 0 Å². The summed E-state index contributed by atoms with van der Waals surface area (Å²) in [5.74, 6) is 0.999. The number of aromatic nitrogens is 2. The van der Waals surface area contributed by atoms with Gasteiger partial charge in [-0.3, -0.25) is 0 Å². The van der Waals surface area contributed by atoms with E-state index in [1.165, 1.54) is 0 Å². The molecule has 0 aliphatic heterocycles. The molecule has 0 bridgehead atoms. The molecule has 1 atom stereocenters. The number of benzene rings is 1. The van der Waals surface area contributed by atoms with Gasteiger partial charge >= 0.3 is 0 Å². The summed E-state index contributed by atoms with van der Waals surface area (Å²) in [6.45, 7) is 2.60. The van der Waals surface area contributed by atoms with Crippen LogP contribution in [0.25, 0.3) is 0 Å². The lowest BCUT2D eigenvalue weighted by Gasteiger charge is -2.13. The number of aryl methyl sites for hydroxylation is 1. The molecule has 0 saturated carbocycles. The van der Waals surface area contributed by atoms with Crippen LogP contribution in [0.1, 0.15) is 24.4 Å². The highest BCUT2D eigenvalue weighted by Gasteiger charge is 2.10. The molecule has 1 unspecified atom stereocenters. The van der Waals surface area contributed by atoms with E-state index in [4.69, 9.17) is 0 Å². The van der Waals surface area contributed by atoms with Gasteiger partial charge in [0.15, 0.2) is 0 Å². The molecule has 2 aromatic rings. The molecule has 17 heavy (non-hydrogen) atoms. The van der Waals surface area contributed by atoms with Gasteiger partial charge in [0.05, 0.1) is 12.6 Å². The molecule has 90 valence electrons. The summed E-state index contributed by atoms with van der Waals surface area (Å²) in [7, 11) is 0. The summed E-state index contributed by atoms with van der Waals surface area (Å²) >= 11 is 3.41. The molecule has 0 spiro atoms. The molecule has 3 nitrogen and oxygen atoms in total. The van der Waals surface area contributed by atoms with Gasteiger partial charge in [-0.05, 0) is 17.7 Å². The van der Waals surface area contributed by atoms with E-state index in [1.807, 2.05) is 35.0 Å². The van der Waals surface area contributed by atoms with Gasteiger partial charge < -0.3 is 9.67 Å². The summed E-state index contributed by atoms with van der Waals surface area (Å²) in [5, 5.41) is 10.2. The maximum Gasteiger partial charge on any atom is 0.108 e. The monoisotopic (exact) mass is 294 g/mol. The third-order valence-electron chi connectivity index (χ3n) is 2.72. The summed E-state index contributed by atoms with van der Waals surface area (Å²) in [6.07, 6.45) is 4.04. The zero-order valence-electron chi connectivity index (χ0n) is 9.68. The van der Waals surface area contributed by atoms with Crippen molar-refractivity contribution in [3.63, 3.8) is 0 Å². The molecule has 0 aliphatic rings. The minimum absolute atomic E-state index is 0.507. The van der Waals surface area contributed by atoms with Gasteiger partial charge in [-0.15, -0.1) is 0 Å². The maximum atomic E-state index is 10.2. The number of hydrogen-bond acceptors (Lipinski definition) is 2. The second kappa shape index (κ2) is 5.47. The normalized spacial score (nSPS) is 12.6. The van der Waals surface area contributed by atoms with Crippen molar-refractivity contribution in [2.75, 3.05) is 0 Å². The standard InChI is InChI=1S/C13H15BrN2O/c1-2-13-15-6-7-16(13)9-12(17)10-4-3-5-11(14)8-10/h3-8,12,17H,2,9H2,1H3. The zero-order chi connectivity index (χ0) is 12.3. The van der Waals surface area contributed by atoms with Crippen LogP contribution < -0.4 is 0 Å². The SMILES string of the molecule is CCc1nccn1CC(O)c1cccc(Br)c1. The van der Waals surface area contributed by atoms with Gasteiger partial charge in [0.1, 0.15) is 5.82 Å². The van der Waals surface area contributed by atoms with Gasteiger partial charge in [0.25, 0.3) is 0 Å². The molecule has 1 aromatic carbocycles. The van der Waals surface area contributed by atoms with Crippen molar-refractivity contribution in [2.24, 2.45) is 0 Å². The van der Waals surface area contributed by atoms with Crippen molar-refractivity contribution in [1.82, 2.24) is 9.55 Å². The third-order valence-corrected chi connectivity index (χ3v) is 3.21. The average Bonchev–Trinajstić information content (AvgIpc) is 2.76. The summed E-state index contributed by atoms with van der Waals surface area (Å²) in [5.41, 5.74) is 0.912. The van der Waals surface area contributed by atoms with Gasteiger partial charge in [0, 0.05) is 23.3 Å². The van der Waals surface area contributed by atoms with E-state index in [1.54, 1.807) is 6.20 Å². The van der Waals surface area contributed by atoms with Crippen molar-refractivity contribution < 1.29 is 5.11 Å². The summed E-state index contributed by atoms with van der Waals surface area (Å²) in [4.78, 5) is 4.24. The lowest BCUT2D eigenvalue weighted by molar-refractivity contribution is 0.155. The quantitative estimate of drug-likeness (QED) is 0.941. The van der Waals surface area contributed by atoms with E-state index in [9.17, 15) is 5.11 Å². The van der Waals surface area contributed by atoms with Crippen LogP contribution >= 0.6 is 15.9 Å². The Morgan fingerprint density at radius 2 is 2.29 bits per heavy atom. The van der Waals surface area contributed by atoms with Crippen LogP contribution in [0.3, 0.4) is 0 Å². The first-order valence-corrected chi connectivity index (χ1v) is 6.43. The Labute approximate surface area is 109 Å². The van der Waals surface area contributed by atoms with Gasteiger partial charge in [-0.1, -0.05) is 35.0 Å². The minimum Gasteiger partial charge on any atom is -0.387 e. The smallest absolute Gasteiger partial charge is 0.108 e. The molecule has 0 aliphatic carbocycles. The first kappa shape index (κ1) is 12.3. The molecular formula is C13H15BrN2O. The molecule has 0 radical (unpaired) electrons. The van der Waals surface area contributed by atoms with E-state index in [-0.39, 0.29) is 0 Å². The molecule has 2 rings (SSSR count). The van der Waals surface area contributed by atoms with E-state index in [0.717, 1.165) is 22.3 Å². The Hall–Kier alpha value is -1.13. The van der Waals surface area contributed by atoms with Crippen molar-refractivity contribution in [2.45, 2.75) is 26.0 Å². The van der Waals surface area contributed by atoms with Crippen LogP contribution in [0.15, 0.2) is 41.1 Å². The fourth-order valence-corrected chi connectivity index (χ4v) is 2.24. The largest absolute Gasteiger partial charge is 0.387 e. The molecule has 0 amide bonds. The Morgan fingerprint density at radius 3 is 3.00 bits per heavy atom. The first-order chi connectivity index (χ1) is 8.20. The van der Waals surface area contributed by atoms with Crippen LogP contribution in [-0.4, -0.2) is 14.7 Å². The highest BCUT2D eigenvalue weighted by Crippen LogP contribution is 2.20. The highest BCUT2D eigenvalue weighted by atomic mass is 79.9. The Balaban J connectivity index is 2.14. The first-order valence-electron chi connectivity index (χ1n) is 5.64.